The summed E-state index contributed by atoms with van der Waals surface area (Å²) in [7, 11) is -3.02. The highest BCUT2D eigenvalue weighted by Crippen LogP contribution is 1.96. The van der Waals surface area contributed by atoms with Crippen LogP contribution in [0.15, 0.2) is 0 Å². The molecule has 0 saturated carbocycles. The van der Waals surface area contributed by atoms with Gasteiger partial charge in [0.25, 0.3) is 0 Å². The van der Waals surface area contributed by atoms with E-state index in [0.29, 0.717) is 19.0 Å². The molecule has 0 aliphatic rings. The van der Waals surface area contributed by atoms with Crippen molar-refractivity contribution in [3.05, 3.63) is 0 Å². The molecule has 0 aliphatic heterocycles. The van der Waals surface area contributed by atoms with Crippen molar-refractivity contribution in [1.82, 2.24) is 10.0 Å². The number of sulfonamides is 1. The van der Waals surface area contributed by atoms with E-state index in [0.717, 1.165) is 13.0 Å². The van der Waals surface area contributed by atoms with E-state index in [1.165, 1.54) is 0 Å². The molecule has 1 atom stereocenters. The Hall–Kier alpha value is -0.130. The lowest BCUT2D eigenvalue weighted by Gasteiger charge is -2.10. The summed E-state index contributed by atoms with van der Waals surface area (Å²) in [6.07, 6.45) is 1.15. The van der Waals surface area contributed by atoms with Gasteiger partial charge in [-0.3, -0.25) is 0 Å². The fourth-order valence-corrected chi connectivity index (χ4v) is 1.51. The van der Waals surface area contributed by atoms with Crippen LogP contribution in [0.25, 0.3) is 0 Å². The molecule has 0 aliphatic carbocycles. The molecule has 86 valence electrons. The van der Waals surface area contributed by atoms with Crippen molar-refractivity contribution in [2.75, 3.05) is 25.4 Å². The smallest absolute Gasteiger partial charge is 0.211 e. The summed E-state index contributed by atoms with van der Waals surface area (Å²) in [5.74, 6) is 0.802. The lowest BCUT2D eigenvalue weighted by atomic mass is 10.1. The van der Waals surface area contributed by atoms with E-state index in [1.807, 2.05) is 0 Å². The summed E-state index contributed by atoms with van der Waals surface area (Å²) in [5, 5.41) is 3.21. The maximum absolute atomic E-state index is 11.0. The normalized spacial score (nSPS) is 14.2. The second-order valence-corrected chi connectivity index (χ2v) is 5.61. The summed E-state index contributed by atoms with van der Waals surface area (Å²) in [4.78, 5) is 0. The monoisotopic (exact) mass is 222 g/mol. The molecule has 0 fully saturated rings. The fourth-order valence-electron chi connectivity index (χ4n) is 0.890. The van der Waals surface area contributed by atoms with Gasteiger partial charge in [-0.25, -0.2) is 13.1 Å². The summed E-state index contributed by atoms with van der Waals surface area (Å²) < 4.78 is 24.5. The number of nitrogens with one attached hydrogen (secondary N) is 2. The minimum absolute atomic E-state index is 0.151. The van der Waals surface area contributed by atoms with Gasteiger partial charge in [-0.2, -0.15) is 0 Å². The molecule has 0 heterocycles. The Morgan fingerprint density at radius 1 is 1.21 bits per heavy atom. The van der Waals surface area contributed by atoms with E-state index >= 15 is 0 Å². The van der Waals surface area contributed by atoms with Gasteiger partial charge in [-0.05, 0) is 19.4 Å². The van der Waals surface area contributed by atoms with Gasteiger partial charge in [0.1, 0.15) is 0 Å². The van der Waals surface area contributed by atoms with Crippen LogP contribution in [0.3, 0.4) is 0 Å². The van der Waals surface area contributed by atoms with Gasteiger partial charge in [0.05, 0.1) is 5.75 Å². The van der Waals surface area contributed by atoms with Crippen molar-refractivity contribution in [2.24, 2.45) is 5.92 Å². The lowest BCUT2D eigenvalue weighted by molar-refractivity contribution is 0.499. The van der Waals surface area contributed by atoms with Crippen LogP contribution in [0.1, 0.15) is 27.2 Å². The molecule has 2 N–H and O–H groups in total. The average molecular weight is 222 g/mol. The first-order valence-corrected chi connectivity index (χ1v) is 6.85. The number of hydrogen-bond acceptors (Lipinski definition) is 3. The Morgan fingerprint density at radius 2 is 1.86 bits per heavy atom. The quantitative estimate of drug-likeness (QED) is 0.590. The van der Waals surface area contributed by atoms with Gasteiger partial charge >= 0.3 is 0 Å². The third-order valence-corrected chi connectivity index (χ3v) is 3.60. The third kappa shape index (κ3) is 7.29. The summed E-state index contributed by atoms with van der Waals surface area (Å²) in [6, 6.07) is 0. The Balaban J connectivity index is 3.39. The van der Waals surface area contributed by atoms with Gasteiger partial charge in [-0.1, -0.05) is 20.3 Å². The van der Waals surface area contributed by atoms with Crippen LogP contribution in [0.2, 0.25) is 0 Å². The van der Waals surface area contributed by atoms with Gasteiger partial charge in [0.15, 0.2) is 0 Å². The molecule has 0 spiro atoms. The topological polar surface area (TPSA) is 58.2 Å². The van der Waals surface area contributed by atoms with Gasteiger partial charge in [-0.15, -0.1) is 0 Å². The Morgan fingerprint density at radius 3 is 2.36 bits per heavy atom. The van der Waals surface area contributed by atoms with E-state index in [2.05, 4.69) is 23.9 Å². The van der Waals surface area contributed by atoms with Crippen molar-refractivity contribution >= 4 is 10.0 Å². The van der Waals surface area contributed by atoms with Gasteiger partial charge < -0.3 is 5.32 Å². The van der Waals surface area contributed by atoms with E-state index in [9.17, 15) is 8.42 Å². The van der Waals surface area contributed by atoms with Crippen LogP contribution < -0.4 is 10.0 Å². The van der Waals surface area contributed by atoms with Crippen molar-refractivity contribution in [3.63, 3.8) is 0 Å². The number of hydrogen-bond donors (Lipinski definition) is 2. The second-order valence-electron chi connectivity index (χ2n) is 3.52. The molecule has 0 amide bonds. The van der Waals surface area contributed by atoms with Crippen LogP contribution in [-0.4, -0.2) is 33.8 Å². The van der Waals surface area contributed by atoms with Gasteiger partial charge in [0, 0.05) is 13.1 Å². The highest BCUT2D eigenvalue weighted by Gasteiger charge is 2.04. The molecular formula is C9H22N2O2S. The zero-order valence-corrected chi connectivity index (χ0v) is 10.2. The van der Waals surface area contributed by atoms with Gasteiger partial charge in [0.2, 0.25) is 10.0 Å². The van der Waals surface area contributed by atoms with E-state index in [4.69, 9.17) is 0 Å². The molecule has 0 aromatic heterocycles. The molecular weight excluding hydrogens is 200 g/mol. The predicted molar refractivity (Wildman–Crippen MR) is 59.8 cm³/mol. The van der Waals surface area contributed by atoms with Crippen LogP contribution in [-0.2, 0) is 10.0 Å². The molecule has 0 saturated heterocycles. The van der Waals surface area contributed by atoms with Crippen molar-refractivity contribution in [3.8, 4) is 0 Å². The molecule has 0 rings (SSSR count). The van der Waals surface area contributed by atoms with E-state index in [-0.39, 0.29) is 5.75 Å². The Kier molecular flexibility index (Phi) is 7.13. The molecule has 5 heteroatoms. The average Bonchev–Trinajstić information content (AvgIpc) is 2.17. The van der Waals surface area contributed by atoms with Crippen molar-refractivity contribution < 1.29 is 8.42 Å². The maximum atomic E-state index is 11.0. The molecule has 0 bridgehead atoms. The highest BCUT2D eigenvalue weighted by atomic mass is 32.2. The lowest BCUT2D eigenvalue weighted by Crippen LogP contribution is -2.34. The summed E-state index contributed by atoms with van der Waals surface area (Å²) in [5.41, 5.74) is 0. The van der Waals surface area contributed by atoms with Crippen molar-refractivity contribution in [1.29, 1.82) is 0 Å². The molecule has 4 nitrogen and oxygen atoms in total. The van der Waals surface area contributed by atoms with E-state index in [1.54, 1.807) is 6.92 Å². The molecule has 14 heavy (non-hydrogen) atoms. The van der Waals surface area contributed by atoms with Crippen LogP contribution in [0, 0.1) is 5.92 Å². The molecule has 0 aromatic rings. The summed E-state index contributed by atoms with van der Waals surface area (Å²) >= 11 is 0. The molecule has 0 radical (unpaired) electrons. The Bertz CT molecular complexity index is 227. The summed E-state index contributed by atoms with van der Waals surface area (Å²) in [6.45, 7) is 8.07. The van der Waals surface area contributed by atoms with Crippen molar-refractivity contribution in [2.45, 2.75) is 27.2 Å². The minimum Gasteiger partial charge on any atom is -0.315 e. The van der Waals surface area contributed by atoms with Crippen LogP contribution in [0.5, 0.6) is 0 Å². The van der Waals surface area contributed by atoms with Crippen LogP contribution in [0.4, 0.5) is 0 Å². The highest BCUT2D eigenvalue weighted by molar-refractivity contribution is 7.89. The zero-order valence-electron chi connectivity index (χ0n) is 9.34. The second kappa shape index (κ2) is 7.20. The SMILES string of the molecule is CCC(C)CNCCNS(=O)(=O)CC. The predicted octanol–water partition coefficient (Wildman–Crippen LogP) is 0.561. The fraction of sp³-hybridized carbons (Fsp3) is 1.00. The first-order valence-electron chi connectivity index (χ1n) is 5.19. The van der Waals surface area contributed by atoms with Crippen LogP contribution >= 0.6 is 0 Å². The zero-order chi connectivity index (χ0) is 11.0. The third-order valence-electron chi connectivity index (χ3n) is 2.19. The largest absolute Gasteiger partial charge is 0.315 e. The molecule has 1 unspecified atom stereocenters. The molecule has 0 aromatic carbocycles. The maximum Gasteiger partial charge on any atom is 0.211 e. The number of rotatable bonds is 8. The Labute approximate surface area is 87.5 Å². The standard InChI is InChI=1S/C9H22N2O2S/c1-4-9(3)8-10-6-7-11-14(12,13)5-2/h9-11H,4-8H2,1-3H3. The minimum atomic E-state index is -3.02. The van der Waals surface area contributed by atoms with E-state index < -0.39 is 10.0 Å². The first-order chi connectivity index (χ1) is 6.52. The first kappa shape index (κ1) is 13.9.